The van der Waals surface area contributed by atoms with Gasteiger partial charge in [0.25, 0.3) is 0 Å². The van der Waals surface area contributed by atoms with Crippen LogP contribution >= 0.6 is 0 Å². The number of nitrogens with zero attached hydrogens (tertiary/aromatic N) is 1. The summed E-state index contributed by atoms with van der Waals surface area (Å²) in [5.41, 5.74) is 3.64. The molecule has 2 N–H and O–H groups in total. The highest BCUT2D eigenvalue weighted by Gasteiger charge is 2.12. The van der Waals surface area contributed by atoms with Crippen LogP contribution in [0.5, 0.6) is 17.2 Å². The molecule has 3 rings (SSSR count). The van der Waals surface area contributed by atoms with E-state index in [-0.39, 0.29) is 5.75 Å². The number of hydrogen-bond donors (Lipinski definition) is 2. The van der Waals surface area contributed by atoms with Gasteiger partial charge in [-0.15, -0.1) is 0 Å². The molecule has 0 spiro atoms. The first kappa shape index (κ1) is 14.0. The quantitative estimate of drug-likeness (QED) is 0.773. The molecule has 3 aromatic rings. The number of methoxy groups -OCH3 is 2. The molecule has 0 unspecified atom stereocenters. The largest absolute Gasteiger partial charge is 0.504 e. The van der Waals surface area contributed by atoms with Gasteiger partial charge in [-0.3, -0.25) is 5.10 Å². The first-order chi connectivity index (χ1) is 10.7. The number of H-pyrrole nitrogens is 1. The van der Waals surface area contributed by atoms with Crippen LogP contribution in [0.25, 0.3) is 22.4 Å². The van der Waals surface area contributed by atoms with Gasteiger partial charge in [0.2, 0.25) is 0 Å². The standard InChI is InChI=1S/C17H16N2O3/c1-21-13-6-3-11(4-7-13)17-14(10-18-19-17)12-5-8-16(22-2)15(20)9-12/h3-10,20H,1-2H3,(H,18,19). The Balaban J connectivity index is 2.02. The van der Waals surface area contributed by atoms with Crippen molar-refractivity contribution in [1.82, 2.24) is 10.2 Å². The second-order valence-electron chi connectivity index (χ2n) is 4.77. The van der Waals surface area contributed by atoms with Crippen molar-refractivity contribution >= 4 is 0 Å². The van der Waals surface area contributed by atoms with Crippen LogP contribution in [0.3, 0.4) is 0 Å². The maximum atomic E-state index is 9.95. The minimum atomic E-state index is 0.0990. The minimum Gasteiger partial charge on any atom is -0.504 e. The summed E-state index contributed by atoms with van der Waals surface area (Å²) in [5, 5.41) is 17.1. The number of rotatable bonds is 4. The lowest BCUT2D eigenvalue weighted by molar-refractivity contribution is 0.373. The second kappa shape index (κ2) is 5.81. The SMILES string of the molecule is COc1ccc(-c2[nH]ncc2-c2ccc(OC)c(O)c2)cc1. The van der Waals surface area contributed by atoms with E-state index in [1.807, 2.05) is 30.3 Å². The van der Waals surface area contributed by atoms with Gasteiger partial charge in [0.1, 0.15) is 5.75 Å². The zero-order valence-corrected chi connectivity index (χ0v) is 12.3. The molecule has 2 aromatic carbocycles. The van der Waals surface area contributed by atoms with Crippen molar-refractivity contribution in [2.24, 2.45) is 0 Å². The van der Waals surface area contributed by atoms with Crippen LogP contribution in [0.1, 0.15) is 0 Å². The summed E-state index contributed by atoms with van der Waals surface area (Å²) >= 11 is 0. The van der Waals surface area contributed by atoms with E-state index in [1.54, 1.807) is 25.4 Å². The molecule has 112 valence electrons. The molecule has 0 amide bonds. The highest BCUT2D eigenvalue weighted by Crippen LogP contribution is 2.35. The monoisotopic (exact) mass is 296 g/mol. The van der Waals surface area contributed by atoms with Gasteiger partial charge in [0.05, 0.1) is 26.1 Å². The number of ether oxygens (including phenoxy) is 2. The van der Waals surface area contributed by atoms with Crippen LogP contribution in [0.2, 0.25) is 0 Å². The minimum absolute atomic E-state index is 0.0990. The van der Waals surface area contributed by atoms with E-state index in [2.05, 4.69) is 10.2 Å². The molecule has 0 saturated heterocycles. The first-order valence-electron chi connectivity index (χ1n) is 6.78. The zero-order chi connectivity index (χ0) is 15.5. The van der Waals surface area contributed by atoms with Crippen molar-refractivity contribution in [2.75, 3.05) is 14.2 Å². The van der Waals surface area contributed by atoms with E-state index in [1.165, 1.54) is 7.11 Å². The fourth-order valence-electron chi connectivity index (χ4n) is 2.34. The molecule has 0 atom stereocenters. The van der Waals surface area contributed by atoms with Gasteiger partial charge in [-0.1, -0.05) is 6.07 Å². The number of aromatic amines is 1. The second-order valence-corrected chi connectivity index (χ2v) is 4.77. The summed E-state index contributed by atoms with van der Waals surface area (Å²) in [6.45, 7) is 0. The number of aromatic nitrogens is 2. The summed E-state index contributed by atoms with van der Waals surface area (Å²) in [4.78, 5) is 0. The Bertz CT molecular complexity index is 779. The van der Waals surface area contributed by atoms with Crippen LogP contribution in [-0.4, -0.2) is 29.5 Å². The van der Waals surface area contributed by atoms with Gasteiger partial charge in [-0.05, 0) is 42.0 Å². The molecule has 5 nitrogen and oxygen atoms in total. The van der Waals surface area contributed by atoms with Crippen molar-refractivity contribution in [3.8, 4) is 39.6 Å². The molecule has 0 saturated carbocycles. The molecule has 1 aromatic heterocycles. The number of phenols is 1. The molecule has 0 aliphatic carbocycles. The molecular formula is C17H16N2O3. The summed E-state index contributed by atoms with van der Waals surface area (Å²) in [6, 6.07) is 13.0. The summed E-state index contributed by atoms with van der Waals surface area (Å²) < 4.78 is 10.2. The maximum absolute atomic E-state index is 9.95. The number of phenolic OH excluding ortho intramolecular Hbond substituents is 1. The van der Waals surface area contributed by atoms with E-state index in [4.69, 9.17) is 9.47 Å². The highest BCUT2D eigenvalue weighted by atomic mass is 16.5. The average molecular weight is 296 g/mol. The zero-order valence-electron chi connectivity index (χ0n) is 12.3. The Morgan fingerprint density at radius 1 is 0.955 bits per heavy atom. The fourth-order valence-corrected chi connectivity index (χ4v) is 2.34. The average Bonchev–Trinajstić information content (AvgIpc) is 3.04. The van der Waals surface area contributed by atoms with Gasteiger partial charge < -0.3 is 14.6 Å². The highest BCUT2D eigenvalue weighted by molar-refractivity contribution is 5.81. The normalized spacial score (nSPS) is 10.5. The van der Waals surface area contributed by atoms with Crippen molar-refractivity contribution in [3.05, 3.63) is 48.7 Å². The lowest BCUT2D eigenvalue weighted by atomic mass is 10.0. The number of aromatic hydroxyl groups is 1. The van der Waals surface area contributed by atoms with Crippen LogP contribution in [-0.2, 0) is 0 Å². The molecule has 0 aliphatic rings. The third kappa shape index (κ3) is 2.48. The van der Waals surface area contributed by atoms with E-state index in [0.717, 1.165) is 28.1 Å². The fraction of sp³-hybridized carbons (Fsp3) is 0.118. The predicted molar refractivity (Wildman–Crippen MR) is 84.2 cm³/mol. The van der Waals surface area contributed by atoms with E-state index < -0.39 is 0 Å². The topological polar surface area (TPSA) is 67.4 Å². The van der Waals surface area contributed by atoms with Crippen molar-refractivity contribution in [3.63, 3.8) is 0 Å². The third-order valence-corrected chi connectivity index (χ3v) is 3.51. The smallest absolute Gasteiger partial charge is 0.160 e. The number of hydrogen-bond acceptors (Lipinski definition) is 4. The Kier molecular flexibility index (Phi) is 3.70. The molecule has 5 heteroatoms. The van der Waals surface area contributed by atoms with Gasteiger partial charge in [-0.25, -0.2) is 0 Å². The van der Waals surface area contributed by atoms with E-state index in [9.17, 15) is 5.11 Å². The lowest BCUT2D eigenvalue weighted by Crippen LogP contribution is -1.87. The Morgan fingerprint density at radius 3 is 2.32 bits per heavy atom. The van der Waals surface area contributed by atoms with Crippen LogP contribution in [0.4, 0.5) is 0 Å². The maximum Gasteiger partial charge on any atom is 0.160 e. The molecule has 0 aliphatic heterocycles. The Morgan fingerprint density at radius 2 is 1.68 bits per heavy atom. The summed E-state index contributed by atoms with van der Waals surface area (Å²) in [5.74, 6) is 1.34. The summed E-state index contributed by atoms with van der Waals surface area (Å²) in [7, 11) is 3.16. The Hall–Kier alpha value is -2.95. The van der Waals surface area contributed by atoms with Gasteiger partial charge in [0.15, 0.2) is 11.5 Å². The van der Waals surface area contributed by atoms with Gasteiger partial charge in [-0.2, -0.15) is 5.10 Å². The first-order valence-corrected chi connectivity index (χ1v) is 6.78. The molecule has 22 heavy (non-hydrogen) atoms. The third-order valence-electron chi connectivity index (χ3n) is 3.51. The van der Waals surface area contributed by atoms with Crippen molar-refractivity contribution < 1.29 is 14.6 Å². The van der Waals surface area contributed by atoms with E-state index in [0.29, 0.717) is 5.75 Å². The molecule has 1 heterocycles. The lowest BCUT2D eigenvalue weighted by Gasteiger charge is -2.07. The molecule has 0 fully saturated rings. The van der Waals surface area contributed by atoms with Crippen molar-refractivity contribution in [1.29, 1.82) is 0 Å². The van der Waals surface area contributed by atoms with Gasteiger partial charge >= 0.3 is 0 Å². The number of nitrogens with one attached hydrogen (secondary N) is 1. The summed E-state index contributed by atoms with van der Waals surface area (Å²) in [6.07, 6.45) is 1.74. The van der Waals surface area contributed by atoms with Crippen LogP contribution in [0.15, 0.2) is 48.7 Å². The van der Waals surface area contributed by atoms with E-state index >= 15 is 0 Å². The van der Waals surface area contributed by atoms with Gasteiger partial charge in [0, 0.05) is 11.1 Å². The molecule has 0 bridgehead atoms. The Labute approximate surface area is 128 Å². The molecule has 0 radical (unpaired) electrons. The predicted octanol–water partition coefficient (Wildman–Crippen LogP) is 3.47. The van der Waals surface area contributed by atoms with Crippen molar-refractivity contribution in [2.45, 2.75) is 0 Å². The number of benzene rings is 2. The van der Waals surface area contributed by atoms with Crippen LogP contribution < -0.4 is 9.47 Å². The van der Waals surface area contributed by atoms with Crippen LogP contribution in [0, 0.1) is 0 Å². The molecular weight excluding hydrogens is 280 g/mol.